The van der Waals surface area contributed by atoms with Crippen LogP contribution >= 0.6 is 11.3 Å². The molecule has 0 aliphatic heterocycles. The van der Waals surface area contributed by atoms with E-state index in [0.717, 1.165) is 55.0 Å². The highest BCUT2D eigenvalue weighted by Gasteiger charge is 2.34. The number of anilines is 1. The Labute approximate surface area is 224 Å². The van der Waals surface area contributed by atoms with Gasteiger partial charge in [0.2, 0.25) is 15.9 Å². The molecule has 0 bridgehead atoms. The number of nitrogens with zero attached hydrogens (tertiary/aromatic N) is 2. The van der Waals surface area contributed by atoms with Crippen LogP contribution in [0.15, 0.2) is 58.8 Å². The monoisotopic (exact) mass is 540 g/mol. The third-order valence-corrected chi connectivity index (χ3v) is 9.43. The van der Waals surface area contributed by atoms with E-state index in [4.69, 9.17) is 4.98 Å². The van der Waals surface area contributed by atoms with Gasteiger partial charge in [-0.1, -0.05) is 56.5 Å². The lowest BCUT2D eigenvalue weighted by molar-refractivity contribution is -0.114. The molecule has 1 amide bonds. The summed E-state index contributed by atoms with van der Waals surface area (Å²) in [6.45, 7) is 5.69. The van der Waals surface area contributed by atoms with Crippen LogP contribution < -0.4 is 10.6 Å². The molecule has 4 rings (SSSR count). The largest absolute Gasteiger partial charge is 0.326 e. The Balaban J connectivity index is 1.51. The van der Waals surface area contributed by atoms with E-state index in [-0.39, 0.29) is 23.4 Å². The van der Waals surface area contributed by atoms with Gasteiger partial charge in [-0.3, -0.25) is 4.79 Å². The SMILES string of the molecule is CCCCNCc1ccc(-c2nc(CN(C3CCCC3)S(=O)(=O)c3cccc(NC(C)=O)c3)cs2)cc1. The van der Waals surface area contributed by atoms with Crippen molar-refractivity contribution in [3.05, 3.63) is 65.2 Å². The average Bonchev–Trinajstić information content (AvgIpc) is 3.58. The number of carbonyl (C=O) groups is 1. The number of hydrogen-bond donors (Lipinski definition) is 2. The molecule has 9 heteroatoms. The molecule has 37 heavy (non-hydrogen) atoms. The number of thiazole rings is 1. The molecule has 1 saturated carbocycles. The van der Waals surface area contributed by atoms with E-state index < -0.39 is 10.0 Å². The molecule has 1 aliphatic carbocycles. The number of hydrogen-bond acceptors (Lipinski definition) is 6. The summed E-state index contributed by atoms with van der Waals surface area (Å²) in [5.74, 6) is -0.238. The molecule has 1 fully saturated rings. The van der Waals surface area contributed by atoms with Crippen molar-refractivity contribution < 1.29 is 13.2 Å². The lowest BCUT2D eigenvalue weighted by Crippen LogP contribution is -2.38. The van der Waals surface area contributed by atoms with Crippen molar-refractivity contribution in [3.8, 4) is 10.6 Å². The fraction of sp³-hybridized carbons (Fsp3) is 0.429. The van der Waals surface area contributed by atoms with E-state index in [9.17, 15) is 13.2 Å². The van der Waals surface area contributed by atoms with Crippen LogP contribution in [-0.2, 0) is 27.9 Å². The van der Waals surface area contributed by atoms with E-state index in [0.29, 0.717) is 5.69 Å². The topological polar surface area (TPSA) is 91.4 Å². The first-order chi connectivity index (χ1) is 17.9. The Kier molecular flexibility index (Phi) is 9.48. The Morgan fingerprint density at radius 1 is 1.14 bits per heavy atom. The molecule has 0 atom stereocenters. The quantitative estimate of drug-likeness (QED) is 0.284. The predicted molar refractivity (Wildman–Crippen MR) is 150 cm³/mol. The second-order valence-corrected chi connectivity index (χ2v) is 12.3. The highest BCUT2D eigenvalue weighted by molar-refractivity contribution is 7.89. The second kappa shape index (κ2) is 12.8. The van der Waals surface area contributed by atoms with Gasteiger partial charge in [-0.25, -0.2) is 13.4 Å². The van der Waals surface area contributed by atoms with Gasteiger partial charge in [0, 0.05) is 36.1 Å². The summed E-state index contributed by atoms with van der Waals surface area (Å²) in [7, 11) is -3.78. The number of aromatic nitrogens is 1. The first-order valence-electron chi connectivity index (χ1n) is 13.0. The minimum atomic E-state index is -3.78. The first-order valence-corrected chi connectivity index (χ1v) is 15.3. The maximum absolute atomic E-state index is 13.8. The van der Waals surface area contributed by atoms with Crippen molar-refractivity contribution in [3.63, 3.8) is 0 Å². The molecular formula is C28H36N4O3S2. The predicted octanol–water partition coefficient (Wildman–Crippen LogP) is 5.79. The van der Waals surface area contributed by atoms with Gasteiger partial charge >= 0.3 is 0 Å². The van der Waals surface area contributed by atoms with Gasteiger partial charge in [-0.2, -0.15) is 4.31 Å². The maximum Gasteiger partial charge on any atom is 0.243 e. The van der Waals surface area contributed by atoms with Crippen molar-refractivity contribution in [1.82, 2.24) is 14.6 Å². The Bertz CT molecular complexity index is 1280. The summed E-state index contributed by atoms with van der Waals surface area (Å²) in [6.07, 6.45) is 6.08. The van der Waals surface area contributed by atoms with Gasteiger partial charge in [0.15, 0.2) is 0 Å². The highest BCUT2D eigenvalue weighted by atomic mass is 32.2. The molecule has 0 radical (unpaired) electrons. The molecule has 1 aliphatic rings. The van der Waals surface area contributed by atoms with E-state index in [1.54, 1.807) is 22.5 Å². The van der Waals surface area contributed by atoms with Gasteiger partial charge in [0.05, 0.1) is 17.1 Å². The Hall–Kier alpha value is -2.59. The summed E-state index contributed by atoms with van der Waals surface area (Å²) in [5, 5.41) is 8.98. The number of unbranched alkanes of at least 4 members (excludes halogenated alkanes) is 1. The highest BCUT2D eigenvalue weighted by Crippen LogP contribution is 2.32. The summed E-state index contributed by atoms with van der Waals surface area (Å²) in [4.78, 5) is 16.5. The molecule has 1 aromatic heterocycles. The molecule has 1 heterocycles. The van der Waals surface area contributed by atoms with Gasteiger partial charge in [-0.15, -0.1) is 11.3 Å². The fourth-order valence-corrected chi connectivity index (χ4v) is 7.17. The summed E-state index contributed by atoms with van der Waals surface area (Å²) < 4.78 is 29.2. The van der Waals surface area contributed by atoms with Crippen molar-refractivity contribution in [2.45, 2.75) is 76.4 Å². The molecule has 198 valence electrons. The van der Waals surface area contributed by atoms with E-state index in [1.807, 2.05) is 5.38 Å². The normalized spacial score (nSPS) is 14.4. The zero-order valence-corrected chi connectivity index (χ0v) is 23.2. The number of benzene rings is 2. The molecule has 0 spiro atoms. The van der Waals surface area contributed by atoms with Crippen LogP contribution in [0.1, 0.15) is 63.6 Å². The number of amides is 1. The van der Waals surface area contributed by atoms with E-state index >= 15 is 0 Å². The lowest BCUT2D eigenvalue weighted by Gasteiger charge is -2.27. The minimum Gasteiger partial charge on any atom is -0.326 e. The van der Waals surface area contributed by atoms with Gasteiger partial charge in [-0.05, 0) is 49.6 Å². The van der Waals surface area contributed by atoms with E-state index in [2.05, 4.69) is 41.8 Å². The number of rotatable bonds is 12. The average molecular weight is 541 g/mol. The molecular weight excluding hydrogens is 504 g/mol. The lowest BCUT2D eigenvalue weighted by atomic mass is 10.1. The van der Waals surface area contributed by atoms with Gasteiger partial charge < -0.3 is 10.6 Å². The van der Waals surface area contributed by atoms with Crippen LogP contribution in [0.2, 0.25) is 0 Å². The number of carbonyl (C=O) groups excluding carboxylic acids is 1. The van der Waals surface area contributed by atoms with Crippen LogP contribution in [0.25, 0.3) is 10.6 Å². The zero-order valence-electron chi connectivity index (χ0n) is 21.6. The summed E-state index contributed by atoms with van der Waals surface area (Å²) >= 11 is 1.54. The Morgan fingerprint density at radius 3 is 2.59 bits per heavy atom. The maximum atomic E-state index is 13.8. The van der Waals surface area contributed by atoms with Crippen molar-refractivity contribution in [1.29, 1.82) is 0 Å². The van der Waals surface area contributed by atoms with Gasteiger partial charge in [0.1, 0.15) is 5.01 Å². The summed E-state index contributed by atoms with van der Waals surface area (Å²) in [6, 6.07) is 14.8. The molecule has 0 unspecified atom stereocenters. The van der Waals surface area contributed by atoms with Crippen molar-refractivity contribution >= 4 is 33.0 Å². The van der Waals surface area contributed by atoms with Crippen LogP contribution in [0.4, 0.5) is 5.69 Å². The third-order valence-electron chi connectivity index (χ3n) is 6.60. The summed E-state index contributed by atoms with van der Waals surface area (Å²) in [5.41, 5.74) is 3.49. The smallest absolute Gasteiger partial charge is 0.243 e. The van der Waals surface area contributed by atoms with Crippen molar-refractivity contribution in [2.24, 2.45) is 0 Å². The second-order valence-electron chi connectivity index (χ2n) is 9.57. The number of sulfonamides is 1. The minimum absolute atomic E-state index is 0.0564. The van der Waals surface area contributed by atoms with Crippen molar-refractivity contribution in [2.75, 3.05) is 11.9 Å². The number of nitrogens with one attached hydrogen (secondary N) is 2. The van der Waals surface area contributed by atoms with Crippen LogP contribution in [0, 0.1) is 0 Å². The third kappa shape index (κ3) is 7.25. The zero-order chi connectivity index (χ0) is 26.3. The fourth-order valence-electron chi connectivity index (χ4n) is 4.65. The Morgan fingerprint density at radius 2 is 1.89 bits per heavy atom. The molecule has 7 nitrogen and oxygen atoms in total. The van der Waals surface area contributed by atoms with Crippen LogP contribution in [0.3, 0.4) is 0 Å². The van der Waals surface area contributed by atoms with Crippen LogP contribution in [-0.4, -0.2) is 36.2 Å². The first kappa shape index (κ1) is 27.4. The van der Waals surface area contributed by atoms with Crippen LogP contribution in [0.5, 0.6) is 0 Å². The molecule has 2 N–H and O–H groups in total. The molecule has 0 saturated heterocycles. The standard InChI is InChI=1S/C28H36N4O3S2/c1-3-4-16-29-18-22-12-14-23(15-13-22)28-31-25(20-36-28)19-32(26-9-5-6-10-26)37(34,35)27-11-7-8-24(17-27)30-21(2)33/h7-8,11-15,17,20,26,29H,3-6,9-10,16,18-19H2,1-2H3,(H,30,33). The molecule has 3 aromatic rings. The van der Waals surface area contributed by atoms with Gasteiger partial charge in [0.25, 0.3) is 0 Å². The molecule has 2 aromatic carbocycles. The van der Waals surface area contributed by atoms with E-state index in [1.165, 1.54) is 42.7 Å².